The van der Waals surface area contributed by atoms with Crippen LogP contribution in [-0.2, 0) is 11.3 Å². The van der Waals surface area contributed by atoms with Crippen molar-refractivity contribution in [3.63, 3.8) is 0 Å². The highest BCUT2D eigenvalue weighted by molar-refractivity contribution is 7.98. The van der Waals surface area contributed by atoms with Crippen molar-refractivity contribution in [2.45, 2.75) is 25.3 Å². The fourth-order valence-electron chi connectivity index (χ4n) is 3.50. The van der Waals surface area contributed by atoms with Crippen LogP contribution in [-0.4, -0.2) is 55.9 Å². The molecular formula is C21H27N3O4S. The molecule has 0 atom stereocenters. The maximum absolute atomic E-state index is 12.2. The van der Waals surface area contributed by atoms with Gasteiger partial charge in [-0.05, 0) is 38.3 Å². The van der Waals surface area contributed by atoms with Crippen LogP contribution in [0, 0.1) is 13.8 Å². The molecular weight excluding hydrogens is 390 g/mol. The molecule has 1 amide bonds. The molecule has 1 aromatic heterocycles. The lowest BCUT2D eigenvalue weighted by atomic mass is 10.1. The lowest BCUT2D eigenvalue weighted by molar-refractivity contribution is 0.122. The first-order chi connectivity index (χ1) is 13.9. The van der Waals surface area contributed by atoms with Gasteiger partial charge in [0.25, 0.3) is 0 Å². The minimum absolute atomic E-state index is 0.151. The fraction of sp³-hybridized carbons (Fsp3) is 0.429. The van der Waals surface area contributed by atoms with Gasteiger partial charge in [-0.25, -0.2) is 4.79 Å². The summed E-state index contributed by atoms with van der Waals surface area (Å²) in [4.78, 5) is 21.2. The van der Waals surface area contributed by atoms with E-state index < -0.39 is 6.09 Å². The zero-order chi connectivity index (χ0) is 21.0. The summed E-state index contributed by atoms with van der Waals surface area (Å²) < 4.78 is 10.9. The van der Waals surface area contributed by atoms with E-state index in [9.17, 15) is 9.90 Å². The molecule has 1 aliphatic rings. The maximum atomic E-state index is 12.2. The minimum Gasteiger partial charge on any atom is -0.496 e. The van der Waals surface area contributed by atoms with E-state index in [2.05, 4.69) is 16.0 Å². The number of methoxy groups -OCH3 is 1. The number of anilines is 2. The van der Waals surface area contributed by atoms with E-state index in [0.717, 1.165) is 40.5 Å². The number of hydrogen-bond acceptors (Lipinski definition) is 6. The van der Waals surface area contributed by atoms with Crippen LogP contribution in [0.3, 0.4) is 0 Å². The number of aromatic nitrogens is 1. The van der Waals surface area contributed by atoms with Crippen molar-refractivity contribution in [1.29, 1.82) is 0 Å². The molecule has 2 heterocycles. The second-order valence-corrected chi connectivity index (χ2v) is 7.78. The van der Waals surface area contributed by atoms with Gasteiger partial charge in [-0.3, -0.25) is 9.88 Å². The number of hydrogen-bond donors (Lipinski definition) is 1. The van der Waals surface area contributed by atoms with Gasteiger partial charge in [0.15, 0.2) is 0 Å². The maximum Gasteiger partial charge on any atom is 0.412 e. The highest BCUT2D eigenvalue weighted by Crippen LogP contribution is 2.32. The molecule has 29 heavy (non-hydrogen) atoms. The molecule has 1 aromatic carbocycles. The lowest BCUT2D eigenvalue weighted by Crippen LogP contribution is -2.36. The van der Waals surface area contributed by atoms with Crippen LogP contribution in [0.5, 0.6) is 5.75 Å². The number of aryl methyl sites for hydroxylation is 1. The van der Waals surface area contributed by atoms with Crippen molar-refractivity contribution in [2.24, 2.45) is 0 Å². The van der Waals surface area contributed by atoms with Gasteiger partial charge in [-0.1, -0.05) is 0 Å². The summed E-state index contributed by atoms with van der Waals surface area (Å²) in [5, 5.41) is 9.95. The van der Waals surface area contributed by atoms with Gasteiger partial charge >= 0.3 is 6.09 Å². The normalized spacial score (nSPS) is 14.0. The summed E-state index contributed by atoms with van der Waals surface area (Å²) in [6, 6.07) is 5.93. The number of ether oxygens (including phenoxy) is 2. The molecule has 0 radical (unpaired) electrons. The molecule has 1 saturated heterocycles. The number of nitrogens with zero attached hydrogens (tertiary/aromatic N) is 3. The zero-order valence-corrected chi connectivity index (χ0v) is 18.1. The number of carboxylic acid groups (broad SMARTS) is 1. The lowest BCUT2D eigenvalue weighted by Gasteiger charge is -2.30. The van der Waals surface area contributed by atoms with Crippen molar-refractivity contribution in [2.75, 3.05) is 49.5 Å². The summed E-state index contributed by atoms with van der Waals surface area (Å²) in [7, 11) is 1.62. The third-order valence-electron chi connectivity index (χ3n) is 5.09. The second kappa shape index (κ2) is 9.37. The van der Waals surface area contributed by atoms with Crippen LogP contribution in [0.2, 0.25) is 0 Å². The SMILES string of the molecule is COc1c(C)cnc(CN(C(=O)O)c2cc(SC)cc(N3CCOCC3)c2)c1C. The van der Waals surface area contributed by atoms with Crippen LogP contribution in [0.4, 0.5) is 16.2 Å². The van der Waals surface area contributed by atoms with Crippen molar-refractivity contribution in [3.05, 3.63) is 41.2 Å². The summed E-state index contributed by atoms with van der Waals surface area (Å²) in [5.41, 5.74) is 4.10. The van der Waals surface area contributed by atoms with Crippen LogP contribution in [0.15, 0.2) is 29.3 Å². The number of morpholine rings is 1. The Kier molecular flexibility index (Phi) is 6.87. The van der Waals surface area contributed by atoms with E-state index in [1.165, 1.54) is 4.90 Å². The Morgan fingerprint density at radius 3 is 2.66 bits per heavy atom. The third-order valence-corrected chi connectivity index (χ3v) is 5.80. The average molecular weight is 418 g/mol. The van der Waals surface area contributed by atoms with Gasteiger partial charge in [0.1, 0.15) is 5.75 Å². The Hall–Kier alpha value is -2.45. The summed E-state index contributed by atoms with van der Waals surface area (Å²) in [5.74, 6) is 0.743. The Bertz CT molecular complexity index is 884. The van der Waals surface area contributed by atoms with Gasteiger partial charge < -0.3 is 19.5 Å². The molecule has 0 unspecified atom stereocenters. The van der Waals surface area contributed by atoms with Gasteiger partial charge in [-0.15, -0.1) is 11.8 Å². The molecule has 3 rings (SSSR count). The molecule has 1 aliphatic heterocycles. The first-order valence-electron chi connectivity index (χ1n) is 9.46. The van der Waals surface area contributed by atoms with Gasteiger partial charge in [0.2, 0.25) is 0 Å². The van der Waals surface area contributed by atoms with Gasteiger partial charge in [0, 0.05) is 41.0 Å². The fourth-order valence-corrected chi connectivity index (χ4v) is 3.97. The molecule has 156 valence electrons. The smallest absolute Gasteiger partial charge is 0.412 e. The Morgan fingerprint density at radius 1 is 1.31 bits per heavy atom. The van der Waals surface area contributed by atoms with Gasteiger partial charge in [0.05, 0.1) is 38.2 Å². The van der Waals surface area contributed by atoms with E-state index in [0.29, 0.717) is 24.6 Å². The van der Waals surface area contributed by atoms with Crippen molar-refractivity contribution in [3.8, 4) is 5.75 Å². The highest BCUT2D eigenvalue weighted by atomic mass is 32.2. The second-order valence-electron chi connectivity index (χ2n) is 6.90. The number of thioether (sulfide) groups is 1. The molecule has 1 N–H and O–H groups in total. The van der Waals surface area contributed by atoms with Crippen LogP contribution in [0.25, 0.3) is 0 Å². The molecule has 0 bridgehead atoms. The van der Waals surface area contributed by atoms with Gasteiger partial charge in [-0.2, -0.15) is 0 Å². The van der Waals surface area contributed by atoms with E-state index in [1.54, 1.807) is 25.1 Å². The van der Waals surface area contributed by atoms with Crippen LogP contribution >= 0.6 is 11.8 Å². The first-order valence-corrected chi connectivity index (χ1v) is 10.7. The number of benzene rings is 1. The average Bonchev–Trinajstić information content (AvgIpc) is 2.73. The zero-order valence-electron chi connectivity index (χ0n) is 17.3. The van der Waals surface area contributed by atoms with Crippen LogP contribution < -0.4 is 14.5 Å². The predicted molar refractivity (Wildman–Crippen MR) is 116 cm³/mol. The molecule has 0 aliphatic carbocycles. The first kappa shape index (κ1) is 21.3. The Morgan fingerprint density at radius 2 is 2.03 bits per heavy atom. The predicted octanol–water partition coefficient (Wildman–Crippen LogP) is 3.95. The van der Waals surface area contributed by atoms with E-state index in [-0.39, 0.29) is 6.54 Å². The Labute approximate surface area is 175 Å². The molecule has 2 aromatic rings. The van der Waals surface area contributed by atoms with E-state index in [4.69, 9.17) is 9.47 Å². The highest BCUT2D eigenvalue weighted by Gasteiger charge is 2.21. The molecule has 1 fully saturated rings. The van der Waals surface area contributed by atoms with Crippen molar-refractivity contribution in [1.82, 2.24) is 4.98 Å². The van der Waals surface area contributed by atoms with Crippen molar-refractivity contribution < 1.29 is 19.4 Å². The summed E-state index contributed by atoms with van der Waals surface area (Å²) in [6.45, 7) is 6.92. The van der Waals surface area contributed by atoms with Crippen molar-refractivity contribution >= 4 is 29.2 Å². The minimum atomic E-state index is -1.02. The number of pyridine rings is 1. The number of rotatable bonds is 6. The topological polar surface area (TPSA) is 75.1 Å². The number of amides is 1. The van der Waals surface area contributed by atoms with E-state index in [1.807, 2.05) is 32.2 Å². The molecule has 7 nitrogen and oxygen atoms in total. The molecule has 8 heteroatoms. The summed E-state index contributed by atoms with van der Waals surface area (Å²) in [6.07, 6.45) is 2.69. The van der Waals surface area contributed by atoms with Crippen LogP contribution in [0.1, 0.15) is 16.8 Å². The third kappa shape index (κ3) is 4.76. The van der Waals surface area contributed by atoms with E-state index >= 15 is 0 Å². The molecule has 0 saturated carbocycles. The Balaban J connectivity index is 1.98. The number of carbonyl (C=O) groups is 1. The standard InChI is InChI=1S/C21H27N3O4S/c1-14-12-22-19(15(2)20(14)27-3)13-24(21(25)26)17-9-16(10-18(11-17)29-4)23-5-7-28-8-6-23/h9-12H,5-8,13H2,1-4H3,(H,25,26). The quantitative estimate of drug-likeness (QED) is 0.713. The monoisotopic (exact) mass is 417 g/mol. The largest absolute Gasteiger partial charge is 0.496 e. The molecule has 0 spiro atoms. The summed E-state index contributed by atoms with van der Waals surface area (Å²) >= 11 is 1.59.